The Hall–Kier alpha value is -3.44. The Balaban J connectivity index is 1.73. The number of aryl methyl sites for hydroxylation is 1. The lowest BCUT2D eigenvalue weighted by molar-refractivity contribution is 0.543. The largest absolute Gasteiger partial charge is 0.355 e. The van der Waals surface area contributed by atoms with Crippen LogP contribution in [0.3, 0.4) is 0 Å². The van der Waals surface area contributed by atoms with Crippen LogP contribution in [0.2, 0.25) is 0 Å². The first-order valence-corrected chi connectivity index (χ1v) is 12.3. The average Bonchev–Trinajstić information content (AvgIpc) is 3.59. The molecule has 0 unspecified atom stereocenters. The number of aromatic nitrogens is 4. The highest BCUT2D eigenvalue weighted by Gasteiger charge is 2.30. The Bertz CT molecular complexity index is 1620. The number of rotatable bonds is 1. The second kappa shape index (κ2) is 7.81. The molecule has 4 nitrogen and oxygen atoms in total. The predicted molar refractivity (Wildman–Crippen MR) is 145 cm³/mol. The molecule has 0 saturated heterocycles. The fourth-order valence-electron chi connectivity index (χ4n) is 4.70. The zero-order chi connectivity index (χ0) is 23.4. The lowest BCUT2D eigenvalue weighted by Crippen LogP contribution is -2.15. The van der Waals surface area contributed by atoms with E-state index < -0.39 is 0 Å². The molecule has 0 amide bonds. The molecule has 0 atom stereocenters. The van der Waals surface area contributed by atoms with Crippen molar-refractivity contribution in [1.82, 2.24) is 19.9 Å². The van der Waals surface area contributed by atoms with Gasteiger partial charge in [0.15, 0.2) is 0 Å². The van der Waals surface area contributed by atoms with Gasteiger partial charge in [-0.1, -0.05) is 43.7 Å². The van der Waals surface area contributed by atoms with Crippen LogP contribution in [-0.2, 0) is 11.8 Å². The zero-order valence-corrected chi connectivity index (χ0v) is 21.0. The van der Waals surface area contributed by atoms with Gasteiger partial charge in [-0.2, -0.15) is 0 Å². The minimum atomic E-state index is -0.0629. The Morgan fingerprint density at radius 3 is 2.21 bits per heavy atom. The van der Waals surface area contributed by atoms with E-state index in [-0.39, 0.29) is 5.41 Å². The fraction of sp³-hybridized carbons (Fsp3) is 0.172. The van der Waals surface area contributed by atoms with Gasteiger partial charge in [-0.25, -0.2) is 4.98 Å². The standard InChI is InChI=1S/C29H25BrN4/c1-17-4-6-18(7-5-17)27-22-11-8-19(31-22)14-20-10-13-24(33-20)28(30)25-16-29(2,3)26(34-25)15-21-9-12-23(27)32-21/h4-15,31-32H,16H2,1-3H3. The van der Waals surface area contributed by atoms with Gasteiger partial charge < -0.3 is 9.97 Å². The van der Waals surface area contributed by atoms with Gasteiger partial charge in [0, 0.05) is 45.2 Å². The van der Waals surface area contributed by atoms with Crippen LogP contribution < -0.4 is 0 Å². The summed E-state index contributed by atoms with van der Waals surface area (Å²) in [5, 5.41) is 0. The molecule has 8 bridgehead atoms. The number of halogens is 1. The van der Waals surface area contributed by atoms with E-state index in [0.29, 0.717) is 0 Å². The molecule has 6 rings (SSSR count). The van der Waals surface area contributed by atoms with Crippen LogP contribution in [-0.4, -0.2) is 19.9 Å². The van der Waals surface area contributed by atoms with Crippen molar-refractivity contribution in [3.63, 3.8) is 0 Å². The summed E-state index contributed by atoms with van der Waals surface area (Å²) >= 11 is 3.78. The predicted octanol–water partition coefficient (Wildman–Crippen LogP) is 7.74. The number of hydrogen-bond acceptors (Lipinski definition) is 2. The number of aromatic amines is 2. The van der Waals surface area contributed by atoms with E-state index in [4.69, 9.17) is 9.97 Å². The second-order valence-electron chi connectivity index (χ2n) is 9.76. The van der Waals surface area contributed by atoms with Gasteiger partial charge in [-0.15, -0.1) is 0 Å². The van der Waals surface area contributed by atoms with Crippen molar-refractivity contribution in [1.29, 1.82) is 0 Å². The summed E-state index contributed by atoms with van der Waals surface area (Å²) in [5.74, 6) is 0. The Morgan fingerprint density at radius 1 is 0.824 bits per heavy atom. The molecule has 0 saturated carbocycles. The molecule has 2 N–H and O–H groups in total. The van der Waals surface area contributed by atoms with Crippen LogP contribution in [0, 0.1) is 6.92 Å². The van der Waals surface area contributed by atoms with Crippen LogP contribution in [0.1, 0.15) is 42.2 Å². The van der Waals surface area contributed by atoms with Gasteiger partial charge in [0.1, 0.15) is 0 Å². The molecule has 3 aromatic heterocycles. The van der Waals surface area contributed by atoms with E-state index in [2.05, 4.69) is 113 Å². The minimum Gasteiger partial charge on any atom is -0.355 e. The number of hydrogen-bond donors (Lipinski definition) is 2. The van der Waals surface area contributed by atoms with E-state index in [1.165, 1.54) is 5.56 Å². The maximum absolute atomic E-state index is 5.03. The lowest BCUT2D eigenvalue weighted by Gasteiger charge is -2.15. The normalized spacial score (nSPS) is 14.5. The van der Waals surface area contributed by atoms with E-state index in [1.807, 2.05) is 6.08 Å². The third-order valence-corrected chi connectivity index (χ3v) is 7.45. The lowest BCUT2D eigenvalue weighted by atomic mass is 9.87. The van der Waals surface area contributed by atoms with Crippen LogP contribution in [0.25, 0.3) is 45.3 Å². The van der Waals surface area contributed by atoms with E-state index in [0.717, 1.165) is 66.9 Å². The summed E-state index contributed by atoms with van der Waals surface area (Å²) < 4.78 is 0.963. The number of benzene rings is 1. The summed E-state index contributed by atoms with van der Waals surface area (Å²) in [6.45, 7) is 6.60. The smallest absolute Gasteiger partial charge is 0.0798 e. The van der Waals surface area contributed by atoms with Crippen molar-refractivity contribution in [2.75, 3.05) is 0 Å². The SMILES string of the molecule is Cc1ccc(-c2c3ccc(cc4nc(c(Br)c5nc(cc6ccc2[nH]6)C(C)(C)C5)C=C4)[nH]3)cc1. The number of nitrogens with one attached hydrogen (secondary N) is 2. The van der Waals surface area contributed by atoms with Gasteiger partial charge in [-0.05, 0) is 77.0 Å². The van der Waals surface area contributed by atoms with E-state index in [9.17, 15) is 0 Å². The molecule has 1 aromatic carbocycles. The summed E-state index contributed by atoms with van der Waals surface area (Å²) in [5.41, 5.74) is 11.6. The molecule has 0 radical (unpaired) electrons. The highest BCUT2D eigenvalue weighted by atomic mass is 79.9. The van der Waals surface area contributed by atoms with Crippen LogP contribution >= 0.6 is 15.9 Å². The molecular weight excluding hydrogens is 484 g/mol. The first-order chi connectivity index (χ1) is 16.4. The molecule has 34 heavy (non-hydrogen) atoms. The Labute approximate surface area is 207 Å². The summed E-state index contributed by atoms with van der Waals surface area (Å²) in [4.78, 5) is 17.1. The minimum absolute atomic E-state index is 0.0629. The maximum atomic E-state index is 5.03. The third-order valence-electron chi connectivity index (χ3n) is 6.59. The molecule has 0 fully saturated rings. The maximum Gasteiger partial charge on any atom is 0.0798 e. The zero-order valence-electron chi connectivity index (χ0n) is 19.4. The fourth-order valence-corrected chi connectivity index (χ4v) is 5.14. The molecule has 5 heteroatoms. The van der Waals surface area contributed by atoms with Gasteiger partial charge in [0.25, 0.3) is 0 Å². The van der Waals surface area contributed by atoms with Gasteiger partial charge in [0.2, 0.25) is 0 Å². The van der Waals surface area contributed by atoms with Crippen molar-refractivity contribution >= 4 is 50.1 Å². The van der Waals surface area contributed by atoms with Crippen molar-refractivity contribution in [3.8, 4) is 11.1 Å². The summed E-state index contributed by atoms with van der Waals surface area (Å²) in [7, 11) is 0. The third kappa shape index (κ3) is 3.70. The second-order valence-corrected chi connectivity index (χ2v) is 10.6. The van der Waals surface area contributed by atoms with Crippen LogP contribution in [0.4, 0.5) is 0 Å². The molecule has 0 spiro atoms. The highest BCUT2D eigenvalue weighted by Crippen LogP contribution is 2.35. The molecule has 4 aromatic rings. The van der Waals surface area contributed by atoms with Crippen molar-refractivity contribution < 1.29 is 0 Å². The highest BCUT2D eigenvalue weighted by molar-refractivity contribution is 9.10. The van der Waals surface area contributed by atoms with Gasteiger partial charge in [-0.3, -0.25) is 4.98 Å². The molecule has 2 aliphatic rings. The number of H-pyrrole nitrogens is 2. The topological polar surface area (TPSA) is 57.4 Å². The Kier molecular flexibility index (Phi) is 4.85. The molecule has 5 heterocycles. The average molecular weight is 509 g/mol. The quantitative estimate of drug-likeness (QED) is 0.243. The number of fused-ring (bicyclic) bond motifs is 8. The first-order valence-electron chi connectivity index (χ1n) is 11.5. The van der Waals surface area contributed by atoms with E-state index in [1.54, 1.807) is 0 Å². The molecule has 2 aliphatic heterocycles. The van der Waals surface area contributed by atoms with Crippen LogP contribution in [0.5, 0.6) is 0 Å². The monoisotopic (exact) mass is 508 g/mol. The molecular formula is C29H25BrN4. The Morgan fingerprint density at radius 2 is 1.50 bits per heavy atom. The van der Waals surface area contributed by atoms with Crippen LogP contribution in [0.15, 0.2) is 65.1 Å². The van der Waals surface area contributed by atoms with Gasteiger partial charge >= 0.3 is 0 Å². The molecule has 0 aliphatic carbocycles. The van der Waals surface area contributed by atoms with Gasteiger partial charge in [0.05, 0.1) is 21.6 Å². The summed E-state index contributed by atoms with van der Waals surface area (Å²) in [6, 6.07) is 21.5. The summed E-state index contributed by atoms with van der Waals surface area (Å²) in [6.07, 6.45) is 4.96. The first kappa shape index (κ1) is 21.1. The van der Waals surface area contributed by atoms with Crippen molar-refractivity contribution in [2.45, 2.75) is 32.6 Å². The molecule has 168 valence electrons. The van der Waals surface area contributed by atoms with E-state index >= 15 is 0 Å². The van der Waals surface area contributed by atoms with Crippen molar-refractivity contribution in [3.05, 3.63) is 93.5 Å². The number of nitrogens with zero attached hydrogens (tertiary/aromatic N) is 2. The van der Waals surface area contributed by atoms with Crippen molar-refractivity contribution in [2.24, 2.45) is 0 Å².